The van der Waals surface area contributed by atoms with E-state index in [9.17, 15) is 14.7 Å². The van der Waals surface area contributed by atoms with Gasteiger partial charge in [0, 0.05) is 42.3 Å². The van der Waals surface area contributed by atoms with Crippen LogP contribution in [0.5, 0.6) is 0 Å². The molecule has 0 aliphatic carbocycles. The van der Waals surface area contributed by atoms with E-state index in [1.807, 2.05) is 61.6 Å². The Morgan fingerprint density at radius 3 is 2.44 bits per heavy atom. The number of carbonyl (C=O) groups excluding carboxylic acids is 1. The summed E-state index contributed by atoms with van der Waals surface area (Å²) in [5.41, 5.74) is 3.26. The highest BCUT2D eigenvalue weighted by Gasteiger charge is 2.37. The average molecular weight is 590 g/mol. The number of hydrogen-bond acceptors (Lipinski definition) is 5. The number of rotatable bonds is 7. The predicted octanol–water partition coefficient (Wildman–Crippen LogP) is 5.20. The summed E-state index contributed by atoms with van der Waals surface area (Å²) in [4.78, 5) is 34.3. The van der Waals surface area contributed by atoms with E-state index in [2.05, 4.69) is 15.3 Å². The van der Waals surface area contributed by atoms with Crippen molar-refractivity contribution < 1.29 is 9.90 Å². The number of imidazole rings is 1. The number of nitrogens with one attached hydrogen (secondary N) is 1. The number of aromatic nitrogens is 4. The van der Waals surface area contributed by atoms with Crippen molar-refractivity contribution in [2.75, 3.05) is 0 Å². The van der Waals surface area contributed by atoms with Gasteiger partial charge < -0.3 is 19.6 Å². The second-order valence-corrected chi connectivity index (χ2v) is 10.8. The number of amides is 1. The molecule has 1 unspecified atom stereocenters. The average Bonchev–Trinajstić information content (AvgIpc) is 3.47. The third kappa shape index (κ3) is 5.22. The van der Waals surface area contributed by atoms with Crippen molar-refractivity contribution in [3.05, 3.63) is 153 Å². The van der Waals surface area contributed by atoms with Gasteiger partial charge in [-0.1, -0.05) is 48.0 Å². The van der Waals surface area contributed by atoms with Crippen LogP contribution in [0.2, 0.25) is 5.02 Å². The highest BCUT2D eigenvalue weighted by atomic mass is 35.5. The summed E-state index contributed by atoms with van der Waals surface area (Å²) >= 11 is 6.31. The van der Waals surface area contributed by atoms with Crippen molar-refractivity contribution in [2.45, 2.75) is 12.1 Å². The van der Waals surface area contributed by atoms with Crippen LogP contribution in [-0.4, -0.2) is 30.1 Å². The molecule has 3 aromatic heterocycles. The van der Waals surface area contributed by atoms with E-state index in [1.54, 1.807) is 71.3 Å². The zero-order valence-corrected chi connectivity index (χ0v) is 24.3. The summed E-state index contributed by atoms with van der Waals surface area (Å²) < 4.78 is 3.34. The fourth-order valence-corrected chi connectivity index (χ4v) is 5.58. The SMILES string of the molecule is Cn1cncc1C(O)(c1ccc(C(=O)NCc2ccccn2)cc1)c1ccc2c(c1)c(-c1cccc(Cl)c1)cc(=O)n2C. The molecule has 9 heteroatoms. The topological polar surface area (TPSA) is 102 Å². The fourth-order valence-electron chi connectivity index (χ4n) is 5.39. The number of halogens is 1. The molecule has 1 atom stereocenters. The number of carbonyl (C=O) groups is 1. The molecule has 3 heterocycles. The molecule has 6 rings (SSSR count). The highest BCUT2D eigenvalue weighted by Crippen LogP contribution is 2.39. The smallest absolute Gasteiger partial charge is 0.251 e. The second kappa shape index (κ2) is 11.3. The van der Waals surface area contributed by atoms with Crippen LogP contribution in [0.4, 0.5) is 0 Å². The van der Waals surface area contributed by atoms with Gasteiger partial charge in [-0.25, -0.2) is 4.98 Å². The van der Waals surface area contributed by atoms with Gasteiger partial charge in [-0.15, -0.1) is 0 Å². The van der Waals surface area contributed by atoms with Crippen molar-refractivity contribution in [2.24, 2.45) is 14.1 Å². The van der Waals surface area contributed by atoms with E-state index < -0.39 is 5.60 Å². The molecule has 3 aromatic carbocycles. The molecule has 6 aromatic rings. The molecule has 0 bridgehead atoms. The fraction of sp³-hybridized carbons (Fsp3) is 0.118. The largest absolute Gasteiger partial charge is 0.374 e. The second-order valence-electron chi connectivity index (χ2n) is 10.4. The third-order valence-electron chi connectivity index (χ3n) is 7.71. The molecular weight excluding hydrogens is 562 g/mol. The first-order chi connectivity index (χ1) is 20.8. The molecule has 43 heavy (non-hydrogen) atoms. The Bertz CT molecular complexity index is 2020. The maximum atomic E-state index is 12.9. The molecule has 0 spiro atoms. The maximum absolute atomic E-state index is 12.9. The number of nitrogens with zero attached hydrogens (tertiary/aromatic N) is 4. The van der Waals surface area contributed by atoms with Crippen LogP contribution >= 0.6 is 11.6 Å². The van der Waals surface area contributed by atoms with Gasteiger partial charge in [-0.2, -0.15) is 0 Å². The Hall–Kier alpha value is -5.05. The van der Waals surface area contributed by atoms with Gasteiger partial charge in [-0.05, 0) is 70.8 Å². The van der Waals surface area contributed by atoms with Gasteiger partial charge in [0.15, 0.2) is 5.60 Å². The van der Waals surface area contributed by atoms with Crippen LogP contribution in [-0.2, 0) is 26.2 Å². The lowest BCUT2D eigenvalue weighted by Gasteiger charge is -2.30. The zero-order chi connectivity index (χ0) is 30.1. The van der Waals surface area contributed by atoms with Crippen LogP contribution in [0, 0.1) is 0 Å². The molecule has 214 valence electrons. The minimum atomic E-state index is -1.64. The molecule has 0 fully saturated rings. The Labute approximate surface area is 252 Å². The molecule has 1 amide bonds. The van der Waals surface area contributed by atoms with Crippen molar-refractivity contribution in [3.63, 3.8) is 0 Å². The third-order valence-corrected chi connectivity index (χ3v) is 7.94. The molecule has 0 aliphatic heterocycles. The normalized spacial score (nSPS) is 12.7. The molecular formula is C34H28ClN5O3. The highest BCUT2D eigenvalue weighted by molar-refractivity contribution is 6.30. The van der Waals surface area contributed by atoms with E-state index in [0.29, 0.717) is 45.0 Å². The predicted molar refractivity (Wildman–Crippen MR) is 167 cm³/mol. The lowest BCUT2D eigenvalue weighted by Crippen LogP contribution is -2.31. The van der Waals surface area contributed by atoms with Crippen molar-refractivity contribution in [3.8, 4) is 11.1 Å². The quantitative estimate of drug-likeness (QED) is 0.266. The van der Waals surface area contributed by atoms with Gasteiger partial charge >= 0.3 is 0 Å². The molecule has 0 saturated carbocycles. The van der Waals surface area contributed by atoms with Crippen LogP contribution in [0.25, 0.3) is 22.0 Å². The van der Waals surface area contributed by atoms with E-state index in [0.717, 1.165) is 16.6 Å². The molecule has 2 N–H and O–H groups in total. The summed E-state index contributed by atoms with van der Waals surface area (Å²) in [6, 6.07) is 26.8. The van der Waals surface area contributed by atoms with Gasteiger partial charge in [0.1, 0.15) is 0 Å². The van der Waals surface area contributed by atoms with Crippen LogP contribution in [0.1, 0.15) is 32.9 Å². The first-order valence-electron chi connectivity index (χ1n) is 13.6. The van der Waals surface area contributed by atoms with Crippen molar-refractivity contribution >= 4 is 28.4 Å². The van der Waals surface area contributed by atoms with Gasteiger partial charge in [0.25, 0.3) is 11.5 Å². The number of fused-ring (bicyclic) bond motifs is 1. The molecule has 8 nitrogen and oxygen atoms in total. The van der Waals surface area contributed by atoms with E-state index in [-0.39, 0.29) is 11.5 Å². The lowest BCUT2D eigenvalue weighted by molar-refractivity contribution is 0.0949. The Balaban J connectivity index is 1.45. The first-order valence-corrected chi connectivity index (χ1v) is 14.0. The summed E-state index contributed by atoms with van der Waals surface area (Å²) in [6.07, 6.45) is 4.93. The number of aryl methyl sites for hydroxylation is 2. The number of hydrogen-bond donors (Lipinski definition) is 2. The minimum Gasteiger partial charge on any atom is -0.374 e. The monoisotopic (exact) mass is 589 g/mol. The van der Waals surface area contributed by atoms with E-state index in [1.165, 1.54) is 0 Å². The Morgan fingerprint density at radius 1 is 0.953 bits per heavy atom. The summed E-state index contributed by atoms with van der Waals surface area (Å²) in [6.45, 7) is 0.301. The number of pyridine rings is 2. The number of benzene rings is 3. The van der Waals surface area contributed by atoms with Crippen molar-refractivity contribution in [1.82, 2.24) is 24.4 Å². The van der Waals surface area contributed by atoms with Gasteiger partial charge in [0.05, 0.1) is 36.0 Å². The summed E-state index contributed by atoms with van der Waals surface area (Å²) in [5, 5.41) is 16.8. The van der Waals surface area contributed by atoms with E-state index in [4.69, 9.17) is 11.6 Å². The van der Waals surface area contributed by atoms with Crippen LogP contribution in [0.3, 0.4) is 0 Å². The van der Waals surface area contributed by atoms with Gasteiger partial charge in [-0.3, -0.25) is 14.6 Å². The molecule has 0 radical (unpaired) electrons. The first kappa shape index (κ1) is 28.1. The molecule has 0 aliphatic rings. The lowest BCUT2D eigenvalue weighted by atomic mass is 9.82. The summed E-state index contributed by atoms with van der Waals surface area (Å²) in [5.74, 6) is -0.251. The Kier molecular flexibility index (Phi) is 7.39. The molecule has 0 saturated heterocycles. The minimum absolute atomic E-state index is 0.158. The van der Waals surface area contributed by atoms with Crippen LogP contribution < -0.4 is 10.9 Å². The summed E-state index contributed by atoms with van der Waals surface area (Å²) in [7, 11) is 3.53. The maximum Gasteiger partial charge on any atom is 0.251 e. The van der Waals surface area contributed by atoms with Crippen LogP contribution in [0.15, 0.2) is 115 Å². The van der Waals surface area contributed by atoms with Gasteiger partial charge in [0.2, 0.25) is 0 Å². The Morgan fingerprint density at radius 2 is 1.74 bits per heavy atom. The zero-order valence-electron chi connectivity index (χ0n) is 23.5. The standard InChI is InChI=1S/C34H28ClN5O3/c1-39-21-36-20-31(39)34(43,24-11-9-22(10-12-24)33(42)38-19-27-8-3-4-15-37-27)25-13-14-30-29(17-25)28(18-32(41)40(30)2)23-6-5-7-26(35)16-23/h3-18,20-21,43H,19H2,1-2H3,(H,38,42). The van der Waals surface area contributed by atoms with E-state index >= 15 is 0 Å². The van der Waals surface area contributed by atoms with Crippen molar-refractivity contribution in [1.29, 1.82) is 0 Å². The number of aliphatic hydroxyl groups is 1.